The van der Waals surface area contributed by atoms with Crippen LogP contribution in [0.2, 0.25) is 0 Å². The highest BCUT2D eigenvalue weighted by Gasteiger charge is 2.22. The number of amides is 2. The Kier molecular flexibility index (Phi) is 4.88. The number of nitrogens with one attached hydrogen (secondary N) is 1. The third kappa shape index (κ3) is 3.74. The molecule has 6 heteroatoms. The third-order valence-corrected chi connectivity index (χ3v) is 4.10. The van der Waals surface area contributed by atoms with E-state index in [1.165, 1.54) is 14.2 Å². The third-order valence-electron chi connectivity index (χ3n) is 4.10. The highest BCUT2D eigenvalue weighted by atomic mass is 16.5. The van der Waals surface area contributed by atoms with E-state index in [1.807, 2.05) is 12.1 Å². The Morgan fingerprint density at radius 2 is 1.80 bits per heavy atom. The van der Waals surface area contributed by atoms with Gasteiger partial charge in [-0.15, -0.1) is 0 Å². The Bertz CT molecular complexity index is 782. The molecule has 3 rings (SSSR count). The lowest BCUT2D eigenvalue weighted by atomic mass is 10.1. The number of carbonyl (C=O) groups is 2. The van der Waals surface area contributed by atoms with Gasteiger partial charge in [0.15, 0.2) is 0 Å². The first-order chi connectivity index (χ1) is 12.1. The summed E-state index contributed by atoms with van der Waals surface area (Å²) in [4.78, 5) is 26.2. The first kappa shape index (κ1) is 16.8. The van der Waals surface area contributed by atoms with Crippen molar-refractivity contribution >= 4 is 23.2 Å². The van der Waals surface area contributed by atoms with Gasteiger partial charge in [0.25, 0.3) is 5.91 Å². The fourth-order valence-electron chi connectivity index (χ4n) is 2.81. The average molecular weight is 340 g/mol. The SMILES string of the molecule is COc1cc(OC)cc(C(=O)Nc2cccc(N3CCCC3=O)c2)c1. The van der Waals surface area contributed by atoms with Crippen molar-refractivity contribution in [3.63, 3.8) is 0 Å². The minimum absolute atomic E-state index is 0.112. The van der Waals surface area contributed by atoms with Gasteiger partial charge in [0.05, 0.1) is 14.2 Å². The van der Waals surface area contributed by atoms with E-state index in [1.54, 1.807) is 35.2 Å². The fraction of sp³-hybridized carbons (Fsp3) is 0.263. The lowest BCUT2D eigenvalue weighted by Gasteiger charge is -2.17. The molecule has 0 aromatic heterocycles. The van der Waals surface area contributed by atoms with Gasteiger partial charge in [0.1, 0.15) is 11.5 Å². The number of anilines is 2. The lowest BCUT2D eigenvalue weighted by Crippen LogP contribution is -2.23. The maximum absolute atomic E-state index is 12.5. The number of methoxy groups -OCH3 is 2. The second-order valence-electron chi connectivity index (χ2n) is 5.75. The number of carbonyl (C=O) groups excluding carboxylic acids is 2. The smallest absolute Gasteiger partial charge is 0.255 e. The van der Waals surface area contributed by atoms with Gasteiger partial charge in [0.2, 0.25) is 5.91 Å². The number of ether oxygens (including phenoxy) is 2. The van der Waals surface area contributed by atoms with Crippen LogP contribution >= 0.6 is 0 Å². The number of rotatable bonds is 5. The first-order valence-electron chi connectivity index (χ1n) is 8.05. The molecule has 0 radical (unpaired) electrons. The van der Waals surface area contributed by atoms with Crippen LogP contribution in [0, 0.1) is 0 Å². The zero-order valence-electron chi connectivity index (χ0n) is 14.2. The van der Waals surface area contributed by atoms with Crippen LogP contribution in [0.1, 0.15) is 23.2 Å². The molecule has 1 aliphatic heterocycles. The van der Waals surface area contributed by atoms with Crippen LogP contribution in [-0.4, -0.2) is 32.6 Å². The summed E-state index contributed by atoms with van der Waals surface area (Å²) in [6.45, 7) is 0.712. The van der Waals surface area contributed by atoms with Crippen molar-refractivity contribution in [2.24, 2.45) is 0 Å². The highest BCUT2D eigenvalue weighted by molar-refractivity contribution is 6.05. The summed E-state index contributed by atoms with van der Waals surface area (Å²) in [6.07, 6.45) is 1.43. The summed E-state index contributed by atoms with van der Waals surface area (Å²) in [5.74, 6) is 0.921. The molecule has 0 atom stereocenters. The van der Waals surface area contributed by atoms with Crippen molar-refractivity contribution in [2.75, 3.05) is 31.0 Å². The van der Waals surface area contributed by atoms with Crippen LogP contribution in [0.15, 0.2) is 42.5 Å². The van der Waals surface area contributed by atoms with Gasteiger partial charge < -0.3 is 19.7 Å². The van der Waals surface area contributed by atoms with Crippen LogP contribution in [-0.2, 0) is 4.79 Å². The Morgan fingerprint density at radius 3 is 2.40 bits per heavy atom. The number of hydrogen-bond acceptors (Lipinski definition) is 4. The molecule has 2 aromatic carbocycles. The second-order valence-corrected chi connectivity index (χ2v) is 5.75. The van der Waals surface area contributed by atoms with E-state index in [-0.39, 0.29) is 11.8 Å². The lowest BCUT2D eigenvalue weighted by molar-refractivity contribution is -0.117. The molecular formula is C19H20N2O4. The molecule has 0 saturated carbocycles. The van der Waals surface area contributed by atoms with Crippen molar-refractivity contribution in [2.45, 2.75) is 12.8 Å². The first-order valence-corrected chi connectivity index (χ1v) is 8.05. The maximum Gasteiger partial charge on any atom is 0.255 e. The van der Waals surface area contributed by atoms with Gasteiger partial charge in [-0.1, -0.05) is 6.07 Å². The van der Waals surface area contributed by atoms with E-state index in [9.17, 15) is 9.59 Å². The van der Waals surface area contributed by atoms with Gasteiger partial charge in [-0.05, 0) is 36.8 Å². The molecule has 130 valence electrons. The summed E-state index contributed by atoms with van der Waals surface area (Å²) in [5, 5.41) is 2.85. The van der Waals surface area contributed by atoms with Gasteiger partial charge in [-0.2, -0.15) is 0 Å². The Labute approximate surface area is 146 Å². The van der Waals surface area contributed by atoms with Crippen molar-refractivity contribution in [1.29, 1.82) is 0 Å². The predicted molar refractivity (Wildman–Crippen MR) is 95.5 cm³/mol. The summed E-state index contributed by atoms with van der Waals surface area (Å²) in [6, 6.07) is 12.3. The standard InChI is InChI=1S/C19H20N2O4/c1-24-16-9-13(10-17(12-16)25-2)19(23)20-14-5-3-6-15(11-14)21-8-4-7-18(21)22/h3,5-6,9-12H,4,7-8H2,1-2H3,(H,20,23). The maximum atomic E-state index is 12.5. The van der Waals surface area contributed by atoms with Crippen molar-refractivity contribution < 1.29 is 19.1 Å². The zero-order chi connectivity index (χ0) is 17.8. The van der Waals surface area contributed by atoms with Crippen molar-refractivity contribution in [3.8, 4) is 11.5 Å². The zero-order valence-corrected chi connectivity index (χ0v) is 14.2. The summed E-state index contributed by atoms with van der Waals surface area (Å²) in [7, 11) is 3.07. The van der Waals surface area contributed by atoms with E-state index in [2.05, 4.69) is 5.32 Å². The normalized spacial score (nSPS) is 13.7. The van der Waals surface area contributed by atoms with Crippen LogP contribution in [0.3, 0.4) is 0 Å². The Balaban J connectivity index is 1.80. The molecule has 1 aliphatic rings. The summed E-state index contributed by atoms with van der Waals surface area (Å²) < 4.78 is 10.4. The second kappa shape index (κ2) is 7.25. The highest BCUT2D eigenvalue weighted by Crippen LogP contribution is 2.26. The minimum Gasteiger partial charge on any atom is -0.497 e. The molecule has 2 amide bonds. The van der Waals surface area contributed by atoms with Crippen LogP contribution in [0.5, 0.6) is 11.5 Å². The molecule has 0 bridgehead atoms. The minimum atomic E-state index is -0.276. The fourth-order valence-corrected chi connectivity index (χ4v) is 2.81. The molecule has 2 aromatic rings. The monoisotopic (exact) mass is 340 g/mol. The molecule has 25 heavy (non-hydrogen) atoms. The van der Waals surface area contributed by atoms with Gasteiger partial charge in [-0.3, -0.25) is 9.59 Å². The van der Waals surface area contributed by atoms with E-state index >= 15 is 0 Å². The van der Waals surface area contributed by atoms with Crippen molar-refractivity contribution in [1.82, 2.24) is 0 Å². The summed E-state index contributed by atoms with van der Waals surface area (Å²) in [5.41, 5.74) is 1.85. The van der Waals surface area contributed by atoms with E-state index < -0.39 is 0 Å². The van der Waals surface area contributed by atoms with Crippen LogP contribution in [0.25, 0.3) is 0 Å². The molecule has 0 aliphatic carbocycles. The topological polar surface area (TPSA) is 67.9 Å². The molecule has 1 N–H and O–H groups in total. The molecule has 1 heterocycles. The van der Waals surface area contributed by atoms with Gasteiger partial charge in [0, 0.05) is 36.0 Å². The van der Waals surface area contributed by atoms with E-state index in [0.29, 0.717) is 35.7 Å². The summed E-state index contributed by atoms with van der Waals surface area (Å²) >= 11 is 0. The molecule has 1 saturated heterocycles. The van der Waals surface area contributed by atoms with E-state index in [0.717, 1.165) is 12.1 Å². The number of benzene rings is 2. The number of hydrogen-bond donors (Lipinski definition) is 1. The van der Waals surface area contributed by atoms with Gasteiger partial charge >= 0.3 is 0 Å². The molecule has 0 spiro atoms. The largest absolute Gasteiger partial charge is 0.497 e. The predicted octanol–water partition coefficient (Wildman–Crippen LogP) is 3.08. The average Bonchev–Trinajstić information content (AvgIpc) is 3.07. The van der Waals surface area contributed by atoms with Crippen LogP contribution in [0.4, 0.5) is 11.4 Å². The number of nitrogens with zero attached hydrogens (tertiary/aromatic N) is 1. The van der Waals surface area contributed by atoms with E-state index in [4.69, 9.17) is 9.47 Å². The molecule has 0 unspecified atom stereocenters. The molecule has 1 fully saturated rings. The Morgan fingerprint density at radius 1 is 1.08 bits per heavy atom. The molecular weight excluding hydrogens is 320 g/mol. The van der Waals surface area contributed by atoms with Gasteiger partial charge in [-0.25, -0.2) is 0 Å². The quantitative estimate of drug-likeness (QED) is 0.908. The van der Waals surface area contributed by atoms with Crippen molar-refractivity contribution in [3.05, 3.63) is 48.0 Å². The Hall–Kier alpha value is -3.02. The molecule has 6 nitrogen and oxygen atoms in total. The van der Waals surface area contributed by atoms with Crippen LogP contribution < -0.4 is 19.7 Å².